The van der Waals surface area contributed by atoms with Gasteiger partial charge in [0.1, 0.15) is 17.8 Å². The molecule has 0 saturated heterocycles. The first-order valence-corrected chi connectivity index (χ1v) is 8.10. The van der Waals surface area contributed by atoms with Gasteiger partial charge in [0.2, 0.25) is 0 Å². The lowest BCUT2D eigenvalue weighted by atomic mass is 10.1. The minimum Gasteiger partial charge on any atom is -0.363 e. The molecule has 0 atom stereocenters. The van der Waals surface area contributed by atoms with Gasteiger partial charge in [-0.25, -0.2) is 9.97 Å². The van der Waals surface area contributed by atoms with E-state index in [1.54, 1.807) is 12.3 Å². The van der Waals surface area contributed by atoms with Crippen molar-refractivity contribution < 1.29 is 4.92 Å². The van der Waals surface area contributed by atoms with Crippen molar-refractivity contribution in [1.82, 2.24) is 14.5 Å². The minimum atomic E-state index is -0.462. The Kier molecular flexibility index (Phi) is 5.36. The van der Waals surface area contributed by atoms with Crippen LogP contribution in [0.5, 0.6) is 0 Å². The van der Waals surface area contributed by atoms with Crippen LogP contribution < -0.4 is 5.32 Å². The fourth-order valence-electron chi connectivity index (χ4n) is 2.58. The van der Waals surface area contributed by atoms with Crippen LogP contribution in [0.15, 0.2) is 61.1 Å². The summed E-state index contributed by atoms with van der Waals surface area (Å²) in [7, 11) is 0. The highest BCUT2D eigenvalue weighted by atomic mass is 16.6. The molecule has 0 fully saturated rings. The first kappa shape index (κ1) is 16.6. The van der Waals surface area contributed by atoms with Crippen LogP contribution in [0.4, 0.5) is 11.5 Å². The fourth-order valence-corrected chi connectivity index (χ4v) is 2.58. The number of nitro groups is 1. The van der Waals surface area contributed by atoms with Crippen molar-refractivity contribution in [3.8, 4) is 0 Å². The van der Waals surface area contributed by atoms with E-state index in [0.717, 1.165) is 25.2 Å². The summed E-state index contributed by atoms with van der Waals surface area (Å²) in [6.45, 7) is 1.41. The number of hydrogen-bond acceptors (Lipinski definition) is 5. The van der Waals surface area contributed by atoms with Crippen LogP contribution in [0.1, 0.15) is 17.8 Å². The summed E-state index contributed by atoms with van der Waals surface area (Å²) in [5, 5.41) is 13.8. The number of hydrogen-bond donors (Lipinski definition) is 1. The molecule has 0 saturated carbocycles. The first-order chi connectivity index (χ1) is 12.2. The molecule has 0 aliphatic heterocycles. The third kappa shape index (κ3) is 4.63. The first-order valence-electron chi connectivity index (χ1n) is 8.10. The van der Waals surface area contributed by atoms with E-state index in [4.69, 9.17) is 0 Å². The van der Waals surface area contributed by atoms with E-state index >= 15 is 0 Å². The van der Waals surface area contributed by atoms with Gasteiger partial charge in [0.05, 0.1) is 11.5 Å². The van der Waals surface area contributed by atoms with E-state index in [1.165, 1.54) is 17.8 Å². The van der Waals surface area contributed by atoms with Crippen LogP contribution >= 0.6 is 0 Å². The Morgan fingerprint density at radius 2 is 1.96 bits per heavy atom. The maximum atomic E-state index is 10.6. The van der Waals surface area contributed by atoms with Crippen LogP contribution in [0.3, 0.4) is 0 Å². The van der Waals surface area contributed by atoms with Crippen molar-refractivity contribution in [2.45, 2.75) is 25.9 Å². The van der Waals surface area contributed by atoms with Gasteiger partial charge in [-0.05, 0) is 24.5 Å². The van der Waals surface area contributed by atoms with Gasteiger partial charge < -0.3 is 9.88 Å². The number of imidazole rings is 1. The molecule has 2 heterocycles. The Balaban J connectivity index is 1.52. The molecule has 1 aromatic carbocycles. The quantitative estimate of drug-likeness (QED) is 0.503. The monoisotopic (exact) mass is 337 g/mol. The molecule has 7 nitrogen and oxygen atoms in total. The Morgan fingerprint density at radius 1 is 1.12 bits per heavy atom. The van der Waals surface area contributed by atoms with Crippen molar-refractivity contribution in [2.24, 2.45) is 0 Å². The van der Waals surface area contributed by atoms with E-state index in [2.05, 4.69) is 44.1 Å². The van der Waals surface area contributed by atoms with E-state index in [-0.39, 0.29) is 5.69 Å². The van der Waals surface area contributed by atoms with E-state index in [9.17, 15) is 10.1 Å². The maximum Gasteiger partial charge on any atom is 0.287 e. The number of benzene rings is 1. The minimum absolute atomic E-state index is 0.0204. The molecule has 7 heteroatoms. The summed E-state index contributed by atoms with van der Waals surface area (Å²) in [5.41, 5.74) is 1.31. The SMILES string of the molecule is O=[N+]([O-])c1ccc(NCc2nccn2CCCc2ccccc2)nc1. The second-order valence-electron chi connectivity index (χ2n) is 5.64. The van der Waals surface area contributed by atoms with Crippen LogP contribution in [0, 0.1) is 10.1 Å². The lowest BCUT2D eigenvalue weighted by Gasteiger charge is -2.09. The standard InChI is InChI=1S/C18H19N5O2/c24-23(25)16-8-9-17(20-13-16)21-14-18-19-10-12-22(18)11-4-7-15-5-2-1-3-6-15/h1-3,5-6,8-10,12-13H,4,7,11,14H2,(H,20,21). The van der Waals surface area contributed by atoms with Gasteiger partial charge in [0.25, 0.3) is 5.69 Å². The number of anilines is 1. The van der Waals surface area contributed by atoms with Gasteiger partial charge in [0.15, 0.2) is 0 Å². The molecule has 2 aromatic heterocycles. The third-order valence-electron chi connectivity index (χ3n) is 3.90. The van der Waals surface area contributed by atoms with Gasteiger partial charge in [-0.2, -0.15) is 0 Å². The zero-order valence-corrected chi connectivity index (χ0v) is 13.7. The van der Waals surface area contributed by atoms with Crippen LogP contribution in [0.2, 0.25) is 0 Å². The van der Waals surface area contributed by atoms with E-state index in [0.29, 0.717) is 12.4 Å². The summed E-state index contributed by atoms with van der Waals surface area (Å²) in [5.74, 6) is 1.50. The number of aromatic nitrogens is 3. The van der Waals surface area contributed by atoms with Crippen molar-refractivity contribution in [2.75, 3.05) is 5.32 Å². The van der Waals surface area contributed by atoms with E-state index < -0.39 is 4.92 Å². The summed E-state index contributed by atoms with van der Waals surface area (Å²) >= 11 is 0. The van der Waals surface area contributed by atoms with Gasteiger partial charge in [0, 0.05) is 25.0 Å². The molecule has 0 spiro atoms. The topological polar surface area (TPSA) is 85.9 Å². The number of nitrogens with zero attached hydrogens (tertiary/aromatic N) is 4. The number of pyridine rings is 1. The molecule has 128 valence electrons. The highest BCUT2D eigenvalue weighted by Crippen LogP contribution is 2.13. The molecule has 0 amide bonds. The average molecular weight is 337 g/mol. The second-order valence-corrected chi connectivity index (χ2v) is 5.64. The number of nitrogens with one attached hydrogen (secondary N) is 1. The van der Waals surface area contributed by atoms with Crippen LogP contribution in [0.25, 0.3) is 0 Å². The largest absolute Gasteiger partial charge is 0.363 e. The van der Waals surface area contributed by atoms with Crippen molar-refractivity contribution in [1.29, 1.82) is 0 Å². The van der Waals surface area contributed by atoms with Gasteiger partial charge in [-0.15, -0.1) is 0 Å². The van der Waals surface area contributed by atoms with E-state index in [1.807, 2.05) is 12.3 Å². The van der Waals surface area contributed by atoms with Crippen molar-refractivity contribution in [3.63, 3.8) is 0 Å². The number of aryl methyl sites for hydroxylation is 2. The van der Waals surface area contributed by atoms with Gasteiger partial charge in [-0.3, -0.25) is 10.1 Å². The summed E-state index contributed by atoms with van der Waals surface area (Å²) in [6.07, 6.45) is 7.04. The summed E-state index contributed by atoms with van der Waals surface area (Å²) in [4.78, 5) is 18.6. The summed E-state index contributed by atoms with van der Waals surface area (Å²) in [6, 6.07) is 13.4. The van der Waals surface area contributed by atoms with Crippen molar-refractivity contribution >= 4 is 11.5 Å². The van der Waals surface area contributed by atoms with Crippen LogP contribution in [-0.2, 0) is 19.5 Å². The Morgan fingerprint density at radius 3 is 2.68 bits per heavy atom. The smallest absolute Gasteiger partial charge is 0.287 e. The normalized spacial score (nSPS) is 10.6. The van der Waals surface area contributed by atoms with Crippen LogP contribution in [-0.4, -0.2) is 19.5 Å². The highest BCUT2D eigenvalue weighted by Gasteiger charge is 2.07. The second kappa shape index (κ2) is 8.05. The average Bonchev–Trinajstić information content (AvgIpc) is 3.08. The zero-order valence-electron chi connectivity index (χ0n) is 13.7. The molecular weight excluding hydrogens is 318 g/mol. The predicted molar refractivity (Wildman–Crippen MR) is 95.2 cm³/mol. The summed E-state index contributed by atoms with van der Waals surface area (Å²) < 4.78 is 2.11. The molecule has 0 bridgehead atoms. The lowest BCUT2D eigenvalue weighted by Crippen LogP contribution is -2.10. The molecule has 0 aliphatic rings. The van der Waals surface area contributed by atoms with Crippen molar-refractivity contribution in [3.05, 3.63) is 82.6 Å². The predicted octanol–water partition coefficient (Wildman–Crippen LogP) is 3.43. The molecular formula is C18H19N5O2. The fraction of sp³-hybridized carbons (Fsp3) is 0.222. The van der Waals surface area contributed by atoms with Gasteiger partial charge in [-0.1, -0.05) is 30.3 Å². The molecule has 0 unspecified atom stereocenters. The molecule has 3 rings (SSSR count). The molecule has 1 N–H and O–H groups in total. The Hall–Kier alpha value is -3.22. The Labute approximate surface area is 145 Å². The molecule has 3 aromatic rings. The third-order valence-corrected chi connectivity index (χ3v) is 3.90. The Bertz CT molecular complexity index is 815. The highest BCUT2D eigenvalue weighted by molar-refractivity contribution is 5.40. The molecule has 0 aliphatic carbocycles. The molecule has 25 heavy (non-hydrogen) atoms. The molecule has 0 radical (unpaired) electrons. The number of rotatable bonds is 8. The van der Waals surface area contributed by atoms with Gasteiger partial charge >= 0.3 is 0 Å². The lowest BCUT2D eigenvalue weighted by molar-refractivity contribution is -0.385. The maximum absolute atomic E-state index is 10.6. The zero-order chi connectivity index (χ0) is 17.5.